The topological polar surface area (TPSA) is 63.6 Å². The minimum atomic E-state index is -0.665. The molecule has 0 amide bonds. The van der Waals surface area contributed by atoms with Crippen molar-refractivity contribution < 1.29 is 19.4 Å². The quantitative estimate of drug-likeness (QED) is 0.0396. The Kier molecular flexibility index (Phi) is 39.1. The molecule has 0 aliphatic rings. The average molecular weight is 697 g/mol. The number of carboxylic acid groups (broad SMARTS) is 1. The Morgan fingerprint density at radius 2 is 0.840 bits per heavy atom. The van der Waals surface area contributed by atoms with Gasteiger partial charge in [0, 0.05) is 12.8 Å². The fourth-order valence-electron chi connectivity index (χ4n) is 6.14. The molecule has 0 aromatic rings. The van der Waals surface area contributed by atoms with Crippen LogP contribution in [0.5, 0.6) is 0 Å². The SMILES string of the molecule is CC/C=C\C/C=C\C/C=C\C/C=C\C/C=C\CCCCCC(=O)OC(CCCC)CCCCCCCCCCCCCCCCCCC(=O)O. The first-order chi connectivity index (χ1) is 24.6. The molecule has 0 heterocycles. The molecular formula is C46H80O4. The second kappa shape index (κ2) is 41.1. The third kappa shape index (κ3) is 40.1. The Balaban J connectivity index is 3.70. The molecule has 0 spiro atoms. The third-order valence-corrected chi connectivity index (χ3v) is 9.25. The predicted molar refractivity (Wildman–Crippen MR) is 218 cm³/mol. The Bertz CT molecular complexity index is 881. The molecular weight excluding hydrogens is 617 g/mol. The smallest absolute Gasteiger partial charge is 0.306 e. The molecule has 0 aromatic carbocycles. The van der Waals surface area contributed by atoms with E-state index < -0.39 is 5.97 Å². The van der Waals surface area contributed by atoms with Gasteiger partial charge in [-0.05, 0) is 77.0 Å². The number of carbonyl (C=O) groups is 2. The number of rotatable bonds is 38. The lowest BCUT2D eigenvalue weighted by molar-refractivity contribution is -0.150. The van der Waals surface area contributed by atoms with Gasteiger partial charge in [0.1, 0.15) is 6.10 Å². The van der Waals surface area contributed by atoms with Crippen LogP contribution < -0.4 is 0 Å². The van der Waals surface area contributed by atoms with E-state index in [0.29, 0.717) is 12.8 Å². The molecule has 0 rings (SSSR count). The van der Waals surface area contributed by atoms with Crippen LogP contribution >= 0.6 is 0 Å². The van der Waals surface area contributed by atoms with E-state index in [1.165, 1.54) is 89.9 Å². The molecule has 0 saturated carbocycles. The highest BCUT2D eigenvalue weighted by Crippen LogP contribution is 2.18. The summed E-state index contributed by atoms with van der Waals surface area (Å²) in [4.78, 5) is 23.1. The molecule has 1 N–H and O–H groups in total. The van der Waals surface area contributed by atoms with Crippen LogP contribution in [0.15, 0.2) is 60.8 Å². The molecule has 50 heavy (non-hydrogen) atoms. The van der Waals surface area contributed by atoms with Crippen molar-refractivity contribution in [2.45, 2.75) is 219 Å². The van der Waals surface area contributed by atoms with Gasteiger partial charge in [0.2, 0.25) is 0 Å². The zero-order valence-corrected chi connectivity index (χ0v) is 32.9. The van der Waals surface area contributed by atoms with Crippen molar-refractivity contribution in [3.8, 4) is 0 Å². The standard InChI is InChI=1S/C46H80O4/c1-3-5-7-8-9-10-11-12-13-14-15-16-21-24-27-30-33-36-39-43-46(49)50-44(40-6-4-2)41-37-34-31-28-25-22-19-17-18-20-23-26-29-32-35-38-42-45(47)48/h5,7,9-10,12-13,15-16,24,27,44H,3-4,6,8,11,14,17-23,25-26,28-43H2,1-2H3,(H,47,48)/b7-5-,10-9-,13-12-,16-15-,27-24-. The summed E-state index contributed by atoms with van der Waals surface area (Å²) in [5.41, 5.74) is 0. The third-order valence-electron chi connectivity index (χ3n) is 9.25. The Labute approximate surface area is 310 Å². The van der Waals surface area contributed by atoms with E-state index in [1.807, 2.05) is 0 Å². The van der Waals surface area contributed by atoms with E-state index >= 15 is 0 Å². The van der Waals surface area contributed by atoms with Crippen LogP contribution in [-0.4, -0.2) is 23.1 Å². The molecule has 0 bridgehead atoms. The number of allylic oxidation sites excluding steroid dienone is 10. The van der Waals surface area contributed by atoms with Crippen LogP contribution in [0, 0.1) is 0 Å². The van der Waals surface area contributed by atoms with Crippen molar-refractivity contribution in [2.24, 2.45) is 0 Å². The maximum Gasteiger partial charge on any atom is 0.306 e. The number of aliphatic carboxylic acids is 1. The molecule has 4 nitrogen and oxygen atoms in total. The monoisotopic (exact) mass is 697 g/mol. The van der Waals surface area contributed by atoms with E-state index in [4.69, 9.17) is 9.84 Å². The van der Waals surface area contributed by atoms with Crippen molar-refractivity contribution in [1.29, 1.82) is 0 Å². The summed E-state index contributed by atoms with van der Waals surface area (Å²) < 4.78 is 5.94. The van der Waals surface area contributed by atoms with Crippen molar-refractivity contribution in [1.82, 2.24) is 0 Å². The highest BCUT2D eigenvalue weighted by Gasteiger charge is 2.13. The first-order valence-electron chi connectivity index (χ1n) is 21.3. The summed E-state index contributed by atoms with van der Waals surface area (Å²) in [5.74, 6) is -0.657. The predicted octanol–water partition coefficient (Wildman–Crippen LogP) is 14.9. The van der Waals surface area contributed by atoms with Crippen LogP contribution in [0.25, 0.3) is 0 Å². The van der Waals surface area contributed by atoms with Gasteiger partial charge in [-0.15, -0.1) is 0 Å². The van der Waals surface area contributed by atoms with Crippen LogP contribution in [0.2, 0.25) is 0 Å². The lowest BCUT2D eigenvalue weighted by atomic mass is 10.0. The zero-order valence-electron chi connectivity index (χ0n) is 32.9. The zero-order chi connectivity index (χ0) is 36.4. The molecule has 0 radical (unpaired) electrons. The summed E-state index contributed by atoms with van der Waals surface area (Å²) in [6.45, 7) is 4.38. The molecule has 0 aliphatic carbocycles. The van der Waals surface area contributed by atoms with Crippen molar-refractivity contribution in [3.05, 3.63) is 60.8 Å². The molecule has 0 aliphatic heterocycles. The van der Waals surface area contributed by atoms with E-state index in [0.717, 1.165) is 96.3 Å². The van der Waals surface area contributed by atoms with Crippen LogP contribution in [-0.2, 0) is 14.3 Å². The molecule has 0 fully saturated rings. The molecule has 1 atom stereocenters. The fraction of sp³-hybridized carbons (Fsp3) is 0.739. The van der Waals surface area contributed by atoms with E-state index in [2.05, 4.69) is 74.6 Å². The fourth-order valence-corrected chi connectivity index (χ4v) is 6.14. The van der Waals surface area contributed by atoms with Gasteiger partial charge in [-0.3, -0.25) is 9.59 Å². The normalized spacial score (nSPS) is 12.8. The second-order valence-electron chi connectivity index (χ2n) is 14.2. The van der Waals surface area contributed by atoms with Gasteiger partial charge in [-0.25, -0.2) is 0 Å². The maximum atomic E-state index is 12.5. The maximum absolute atomic E-state index is 12.5. The van der Waals surface area contributed by atoms with E-state index in [1.54, 1.807) is 0 Å². The highest BCUT2D eigenvalue weighted by atomic mass is 16.5. The molecule has 288 valence electrons. The van der Waals surface area contributed by atoms with Crippen molar-refractivity contribution in [3.63, 3.8) is 0 Å². The number of carbonyl (C=O) groups excluding carboxylic acids is 1. The van der Waals surface area contributed by atoms with Gasteiger partial charge in [0.05, 0.1) is 0 Å². The van der Waals surface area contributed by atoms with Crippen molar-refractivity contribution in [2.75, 3.05) is 0 Å². The number of ether oxygens (including phenoxy) is 1. The highest BCUT2D eigenvalue weighted by molar-refractivity contribution is 5.69. The van der Waals surface area contributed by atoms with Crippen LogP contribution in [0.3, 0.4) is 0 Å². The lowest BCUT2D eigenvalue weighted by Gasteiger charge is -2.18. The Morgan fingerprint density at radius 3 is 1.30 bits per heavy atom. The van der Waals surface area contributed by atoms with Gasteiger partial charge >= 0.3 is 11.9 Å². The van der Waals surface area contributed by atoms with Crippen molar-refractivity contribution >= 4 is 11.9 Å². The second-order valence-corrected chi connectivity index (χ2v) is 14.2. The minimum absolute atomic E-state index is 0.00830. The lowest BCUT2D eigenvalue weighted by Crippen LogP contribution is -2.18. The first kappa shape index (κ1) is 47.6. The number of hydrogen-bond acceptors (Lipinski definition) is 3. The van der Waals surface area contributed by atoms with E-state index in [9.17, 15) is 9.59 Å². The van der Waals surface area contributed by atoms with Gasteiger partial charge < -0.3 is 9.84 Å². The van der Waals surface area contributed by atoms with Gasteiger partial charge in [0.15, 0.2) is 0 Å². The minimum Gasteiger partial charge on any atom is -0.481 e. The number of esters is 1. The molecule has 4 heteroatoms. The number of carboxylic acids is 1. The van der Waals surface area contributed by atoms with Gasteiger partial charge in [-0.2, -0.15) is 0 Å². The summed E-state index contributed by atoms with van der Waals surface area (Å²) in [6, 6.07) is 0. The summed E-state index contributed by atoms with van der Waals surface area (Å²) in [7, 11) is 0. The summed E-state index contributed by atoms with van der Waals surface area (Å²) in [5, 5.41) is 8.67. The van der Waals surface area contributed by atoms with E-state index in [-0.39, 0.29) is 12.1 Å². The average Bonchev–Trinajstić information content (AvgIpc) is 3.10. The molecule has 0 saturated heterocycles. The van der Waals surface area contributed by atoms with Gasteiger partial charge in [0.25, 0.3) is 0 Å². The molecule has 0 aromatic heterocycles. The van der Waals surface area contributed by atoms with Gasteiger partial charge in [-0.1, -0.05) is 184 Å². The van der Waals surface area contributed by atoms with Crippen LogP contribution in [0.4, 0.5) is 0 Å². The number of unbranched alkanes of at least 4 members (excludes halogenated alkanes) is 19. The first-order valence-corrected chi connectivity index (χ1v) is 21.3. The summed E-state index contributed by atoms with van der Waals surface area (Å²) in [6.07, 6.45) is 57.3. The molecule has 1 unspecified atom stereocenters. The largest absolute Gasteiger partial charge is 0.481 e. The number of hydrogen-bond donors (Lipinski definition) is 1. The summed E-state index contributed by atoms with van der Waals surface area (Å²) >= 11 is 0. The Morgan fingerprint density at radius 1 is 0.460 bits per heavy atom. The van der Waals surface area contributed by atoms with Crippen LogP contribution in [0.1, 0.15) is 213 Å². The Hall–Kier alpha value is -2.36.